The van der Waals surface area contributed by atoms with Crippen molar-refractivity contribution in [1.29, 1.82) is 0 Å². The smallest absolute Gasteiger partial charge is 0.167 e. The zero-order valence-electron chi connectivity index (χ0n) is 10.1. The maximum absolute atomic E-state index is 10.7. The van der Waals surface area contributed by atoms with Crippen LogP contribution in [0, 0.1) is 5.92 Å². The Bertz CT molecular complexity index is 356. The van der Waals surface area contributed by atoms with E-state index >= 15 is 0 Å². The minimum atomic E-state index is -1.30. The van der Waals surface area contributed by atoms with Crippen LogP contribution in [0.25, 0.3) is 0 Å². The van der Waals surface area contributed by atoms with E-state index in [1.165, 1.54) is 6.92 Å². The molecule has 1 unspecified atom stereocenters. The Kier molecular flexibility index (Phi) is 5.12. The van der Waals surface area contributed by atoms with Gasteiger partial charge >= 0.3 is 0 Å². The molecular formula is C13H18O4. The molecule has 0 heterocycles. The first-order chi connectivity index (χ1) is 7.99. The van der Waals surface area contributed by atoms with Crippen molar-refractivity contribution in [3.63, 3.8) is 0 Å². The zero-order valence-corrected chi connectivity index (χ0v) is 10.1. The van der Waals surface area contributed by atoms with E-state index in [1.807, 2.05) is 12.1 Å². The molecule has 0 aliphatic carbocycles. The number of aliphatic hydroxyl groups excluding tert-OH is 1. The molecule has 4 nitrogen and oxygen atoms in total. The number of ketones is 1. The fourth-order valence-corrected chi connectivity index (χ4v) is 1.38. The molecule has 2 N–H and O–H groups in total. The van der Waals surface area contributed by atoms with E-state index in [2.05, 4.69) is 0 Å². The summed E-state index contributed by atoms with van der Waals surface area (Å²) in [5.41, 5.74) is 1.00. The molecule has 94 valence electrons. The van der Waals surface area contributed by atoms with Gasteiger partial charge in [-0.05, 0) is 31.0 Å². The highest BCUT2D eigenvalue weighted by molar-refractivity contribution is 5.77. The minimum absolute atomic E-state index is 0.0221. The second kappa shape index (κ2) is 6.37. The average Bonchev–Trinajstić information content (AvgIpc) is 2.28. The van der Waals surface area contributed by atoms with Crippen molar-refractivity contribution in [3.05, 3.63) is 29.8 Å². The molecule has 0 aromatic heterocycles. The van der Waals surface area contributed by atoms with Crippen molar-refractivity contribution in [3.8, 4) is 5.75 Å². The van der Waals surface area contributed by atoms with E-state index in [0.717, 1.165) is 5.56 Å². The van der Waals surface area contributed by atoms with Crippen LogP contribution in [-0.2, 0) is 11.2 Å². The van der Waals surface area contributed by atoms with Crippen LogP contribution in [-0.4, -0.2) is 28.9 Å². The number of rotatable bonds is 6. The van der Waals surface area contributed by atoms with Crippen LogP contribution in [0.15, 0.2) is 24.3 Å². The first-order valence-electron chi connectivity index (χ1n) is 5.56. The Morgan fingerprint density at radius 1 is 1.29 bits per heavy atom. The van der Waals surface area contributed by atoms with Crippen molar-refractivity contribution in [2.75, 3.05) is 6.61 Å². The first kappa shape index (κ1) is 13.7. The van der Waals surface area contributed by atoms with Gasteiger partial charge < -0.3 is 14.9 Å². The van der Waals surface area contributed by atoms with Crippen LogP contribution in [0.2, 0.25) is 0 Å². The highest BCUT2D eigenvalue weighted by Crippen LogP contribution is 2.16. The predicted octanol–water partition coefficient (Wildman–Crippen LogP) is 1.14. The van der Waals surface area contributed by atoms with Crippen LogP contribution >= 0.6 is 0 Å². The monoisotopic (exact) mass is 238 g/mol. The molecule has 0 saturated carbocycles. The summed E-state index contributed by atoms with van der Waals surface area (Å²) < 4.78 is 5.23. The molecule has 0 fully saturated rings. The Morgan fingerprint density at radius 2 is 1.88 bits per heavy atom. The number of benzene rings is 1. The number of ether oxygens (including phenoxy) is 1. The summed E-state index contributed by atoms with van der Waals surface area (Å²) in [5, 5.41) is 18.0. The maximum Gasteiger partial charge on any atom is 0.167 e. The second-order valence-electron chi connectivity index (χ2n) is 4.23. The van der Waals surface area contributed by atoms with Crippen molar-refractivity contribution < 1.29 is 19.7 Å². The molecule has 0 aliphatic rings. The summed E-state index contributed by atoms with van der Waals surface area (Å²) in [6.45, 7) is 3.31. The molecule has 0 amide bonds. The molecule has 0 aliphatic heterocycles. The van der Waals surface area contributed by atoms with Gasteiger partial charge in [-0.2, -0.15) is 0 Å². The van der Waals surface area contributed by atoms with Gasteiger partial charge in [0.15, 0.2) is 12.1 Å². The quantitative estimate of drug-likeness (QED) is 0.729. The van der Waals surface area contributed by atoms with Crippen LogP contribution in [0.5, 0.6) is 5.75 Å². The lowest BCUT2D eigenvalue weighted by molar-refractivity contribution is -0.118. The number of carbonyl (C=O) groups excluding carboxylic acids is 1. The lowest BCUT2D eigenvalue weighted by Crippen LogP contribution is -2.18. The van der Waals surface area contributed by atoms with E-state index in [-0.39, 0.29) is 18.3 Å². The van der Waals surface area contributed by atoms with Crippen LogP contribution in [0.1, 0.15) is 19.4 Å². The van der Waals surface area contributed by atoms with Gasteiger partial charge in [-0.3, -0.25) is 4.79 Å². The van der Waals surface area contributed by atoms with Crippen LogP contribution in [0.3, 0.4) is 0 Å². The molecule has 4 heteroatoms. The Morgan fingerprint density at radius 3 is 2.35 bits per heavy atom. The summed E-state index contributed by atoms with van der Waals surface area (Å²) >= 11 is 0. The van der Waals surface area contributed by atoms with E-state index in [4.69, 9.17) is 14.9 Å². The van der Waals surface area contributed by atoms with Crippen molar-refractivity contribution >= 4 is 5.78 Å². The largest absolute Gasteiger partial charge is 0.486 e. The van der Waals surface area contributed by atoms with Gasteiger partial charge in [0, 0.05) is 5.92 Å². The normalized spacial score (nSPS) is 12.5. The third-order valence-corrected chi connectivity index (χ3v) is 2.43. The van der Waals surface area contributed by atoms with Gasteiger partial charge in [-0.25, -0.2) is 0 Å². The molecule has 17 heavy (non-hydrogen) atoms. The fourth-order valence-electron chi connectivity index (χ4n) is 1.38. The van der Waals surface area contributed by atoms with Gasteiger partial charge in [0.1, 0.15) is 12.4 Å². The van der Waals surface area contributed by atoms with Gasteiger partial charge in [-0.1, -0.05) is 19.1 Å². The molecule has 1 aromatic carbocycles. The predicted molar refractivity (Wildman–Crippen MR) is 63.7 cm³/mol. The maximum atomic E-state index is 10.7. The lowest BCUT2D eigenvalue weighted by atomic mass is 10.0. The molecule has 0 bridgehead atoms. The standard InChI is InChI=1S/C13H18O4/c1-9(13(15)16)7-11-3-5-12(6-4-11)17-8-10(2)14/h3-6,9,13,15-16H,7-8H2,1-2H3. The molecule has 0 radical (unpaired) electrons. The summed E-state index contributed by atoms with van der Waals surface area (Å²) in [6.07, 6.45) is -0.714. The molecule has 0 spiro atoms. The minimum Gasteiger partial charge on any atom is -0.486 e. The summed E-state index contributed by atoms with van der Waals surface area (Å²) in [7, 11) is 0. The Hall–Kier alpha value is -1.39. The van der Waals surface area contributed by atoms with Crippen LogP contribution < -0.4 is 4.74 Å². The number of carbonyl (C=O) groups is 1. The second-order valence-corrected chi connectivity index (χ2v) is 4.23. The number of hydrogen-bond donors (Lipinski definition) is 2. The van der Waals surface area contributed by atoms with Crippen LogP contribution in [0.4, 0.5) is 0 Å². The summed E-state index contributed by atoms with van der Waals surface area (Å²) in [5.74, 6) is 0.409. The number of hydrogen-bond acceptors (Lipinski definition) is 4. The zero-order chi connectivity index (χ0) is 12.8. The molecule has 0 saturated heterocycles. The third kappa shape index (κ3) is 4.97. The highest BCUT2D eigenvalue weighted by atomic mass is 16.5. The van der Waals surface area contributed by atoms with Crippen molar-refractivity contribution in [2.24, 2.45) is 5.92 Å². The summed E-state index contributed by atoms with van der Waals surface area (Å²) in [4.78, 5) is 10.7. The van der Waals surface area contributed by atoms with Gasteiger partial charge in [0.2, 0.25) is 0 Å². The van der Waals surface area contributed by atoms with E-state index in [9.17, 15) is 4.79 Å². The topological polar surface area (TPSA) is 66.8 Å². The number of aliphatic hydroxyl groups is 2. The molecule has 1 rings (SSSR count). The third-order valence-electron chi connectivity index (χ3n) is 2.43. The van der Waals surface area contributed by atoms with E-state index in [0.29, 0.717) is 12.2 Å². The SMILES string of the molecule is CC(=O)COc1ccc(CC(C)C(O)O)cc1. The molecule has 1 atom stereocenters. The average molecular weight is 238 g/mol. The highest BCUT2D eigenvalue weighted by Gasteiger charge is 2.11. The van der Waals surface area contributed by atoms with E-state index < -0.39 is 6.29 Å². The van der Waals surface area contributed by atoms with Gasteiger partial charge in [0.25, 0.3) is 0 Å². The Balaban J connectivity index is 2.53. The lowest BCUT2D eigenvalue weighted by Gasteiger charge is -2.13. The molecule has 1 aromatic rings. The molecular weight excluding hydrogens is 220 g/mol. The van der Waals surface area contributed by atoms with E-state index in [1.54, 1.807) is 19.1 Å². The van der Waals surface area contributed by atoms with Gasteiger partial charge in [-0.15, -0.1) is 0 Å². The fraction of sp³-hybridized carbons (Fsp3) is 0.462. The number of Topliss-reactive ketones (excluding diaryl/α,β-unsaturated/α-hetero) is 1. The Labute approximate surface area is 101 Å². The first-order valence-corrected chi connectivity index (χ1v) is 5.56. The van der Waals surface area contributed by atoms with Crippen molar-refractivity contribution in [2.45, 2.75) is 26.6 Å². The summed E-state index contributed by atoms with van der Waals surface area (Å²) in [6, 6.07) is 7.26. The van der Waals surface area contributed by atoms with Gasteiger partial charge in [0.05, 0.1) is 0 Å². The van der Waals surface area contributed by atoms with Crippen molar-refractivity contribution in [1.82, 2.24) is 0 Å².